The van der Waals surface area contributed by atoms with E-state index in [9.17, 15) is 10.0 Å². The van der Waals surface area contributed by atoms with Crippen molar-refractivity contribution in [3.8, 4) is 16.9 Å². The van der Waals surface area contributed by atoms with Gasteiger partial charge in [0, 0.05) is 22.5 Å². The fraction of sp³-hybridized carbons (Fsp3) is 0.0435. The SMILES string of the molecule is O=c1ccc2cc(OC/C(=N\O)c3ccc(-c4ccccc4)cc3)ccc2[nH]1. The molecule has 1 aromatic heterocycles. The van der Waals surface area contributed by atoms with Crippen LogP contribution >= 0.6 is 0 Å². The number of aromatic amines is 1. The molecular weight excluding hydrogens is 352 g/mol. The van der Waals surface area contributed by atoms with Gasteiger partial charge in [-0.15, -0.1) is 0 Å². The number of fused-ring (bicyclic) bond motifs is 1. The molecule has 0 aliphatic carbocycles. The highest BCUT2D eigenvalue weighted by Gasteiger charge is 2.07. The average molecular weight is 370 g/mol. The van der Waals surface area contributed by atoms with Crippen LogP contribution in [0.15, 0.2) is 94.9 Å². The number of benzene rings is 3. The van der Waals surface area contributed by atoms with Gasteiger partial charge in [0.15, 0.2) is 0 Å². The fourth-order valence-electron chi connectivity index (χ4n) is 3.03. The number of nitrogens with one attached hydrogen (secondary N) is 1. The second kappa shape index (κ2) is 7.80. The van der Waals surface area contributed by atoms with Gasteiger partial charge in [0.25, 0.3) is 0 Å². The van der Waals surface area contributed by atoms with Crippen molar-refractivity contribution >= 4 is 16.6 Å². The molecule has 0 aliphatic heterocycles. The van der Waals surface area contributed by atoms with Crippen LogP contribution in [0.5, 0.6) is 5.75 Å². The molecule has 138 valence electrons. The first kappa shape index (κ1) is 17.5. The number of pyridine rings is 1. The van der Waals surface area contributed by atoms with Gasteiger partial charge in [0.2, 0.25) is 5.56 Å². The monoisotopic (exact) mass is 370 g/mol. The summed E-state index contributed by atoms with van der Waals surface area (Å²) in [6, 6.07) is 26.5. The third kappa shape index (κ3) is 3.78. The van der Waals surface area contributed by atoms with Gasteiger partial charge in [-0.2, -0.15) is 0 Å². The molecule has 3 aromatic carbocycles. The van der Waals surface area contributed by atoms with Gasteiger partial charge < -0.3 is 14.9 Å². The maximum absolute atomic E-state index is 11.4. The molecule has 2 N–H and O–H groups in total. The normalized spacial score (nSPS) is 11.5. The highest BCUT2D eigenvalue weighted by molar-refractivity contribution is 6.01. The third-order valence-electron chi connectivity index (χ3n) is 4.52. The minimum absolute atomic E-state index is 0.121. The molecule has 0 amide bonds. The topological polar surface area (TPSA) is 74.7 Å². The molecule has 0 spiro atoms. The number of aromatic nitrogens is 1. The highest BCUT2D eigenvalue weighted by atomic mass is 16.5. The van der Waals surface area contributed by atoms with Gasteiger partial charge >= 0.3 is 0 Å². The zero-order valence-electron chi connectivity index (χ0n) is 15.0. The summed E-state index contributed by atoms with van der Waals surface area (Å²) in [7, 11) is 0. The molecule has 0 atom stereocenters. The third-order valence-corrected chi connectivity index (χ3v) is 4.52. The average Bonchev–Trinajstić information content (AvgIpc) is 2.75. The number of rotatable bonds is 5. The van der Waals surface area contributed by atoms with Gasteiger partial charge in [-0.25, -0.2) is 0 Å². The molecule has 4 aromatic rings. The molecule has 0 aliphatic rings. The second-order valence-electron chi connectivity index (χ2n) is 6.35. The summed E-state index contributed by atoms with van der Waals surface area (Å²) in [6.07, 6.45) is 0. The van der Waals surface area contributed by atoms with Gasteiger partial charge in [-0.1, -0.05) is 59.8 Å². The lowest BCUT2D eigenvalue weighted by molar-refractivity contribution is 0.308. The number of H-pyrrole nitrogens is 1. The maximum atomic E-state index is 11.4. The van der Waals surface area contributed by atoms with E-state index in [1.807, 2.05) is 60.7 Å². The molecule has 1 heterocycles. The summed E-state index contributed by atoms with van der Waals surface area (Å²) in [4.78, 5) is 14.1. The van der Waals surface area contributed by atoms with Gasteiger partial charge in [0.05, 0.1) is 0 Å². The Morgan fingerprint density at radius 2 is 1.64 bits per heavy atom. The van der Waals surface area contributed by atoms with Crippen molar-refractivity contribution in [2.75, 3.05) is 6.61 Å². The maximum Gasteiger partial charge on any atom is 0.248 e. The lowest BCUT2D eigenvalue weighted by Gasteiger charge is -2.10. The Labute approximate surface area is 161 Å². The molecule has 5 heteroatoms. The van der Waals surface area contributed by atoms with E-state index in [0.29, 0.717) is 11.5 Å². The molecule has 0 bridgehead atoms. The zero-order valence-corrected chi connectivity index (χ0v) is 15.0. The number of nitrogens with zero attached hydrogens (tertiary/aromatic N) is 1. The Morgan fingerprint density at radius 3 is 2.39 bits per heavy atom. The molecular formula is C23H18N2O3. The largest absolute Gasteiger partial charge is 0.487 e. The summed E-state index contributed by atoms with van der Waals surface area (Å²) >= 11 is 0. The standard InChI is InChI=1S/C23H18N2O3/c26-23-13-10-19-14-20(11-12-21(19)24-23)28-15-22(25-27)18-8-6-17(7-9-18)16-4-2-1-3-5-16/h1-14,27H,15H2,(H,24,26)/b25-22+. The van der Waals surface area contributed by atoms with Gasteiger partial charge in [-0.3, -0.25) is 4.79 Å². The van der Waals surface area contributed by atoms with Crippen molar-refractivity contribution in [1.82, 2.24) is 4.98 Å². The lowest BCUT2D eigenvalue weighted by Crippen LogP contribution is -2.13. The Hall–Kier alpha value is -3.86. The predicted octanol–water partition coefficient (Wildman–Crippen LogP) is 4.45. The van der Waals surface area contributed by atoms with E-state index in [4.69, 9.17) is 4.74 Å². The van der Waals surface area contributed by atoms with E-state index >= 15 is 0 Å². The molecule has 0 saturated heterocycles. The first-order valence-electron chi connectivity index (χ1n) is 8.85. The Morgan fingerprint density at radius 1 is 0.893 bits per heavy atom. The minimum Gasteiger partial charge on any atom is -0.487 e. The van der Waals surface area contributed by atoms with Crippen LogP contribution < -0.4 is 10.3 Å². The van der Waals surface area contributed by atoms with E-state index < -0.39 is 0 Å². The smallest absolute Gasteiger partial charge is 0.248 e. The Balaban J connectivity index is 1.49. The Kier molecular flexibility index (Phi) is 4.89. The van der Waals surface area contributed by atoms with Crippen LogP contribution in [0.3, 0.4) is 0 Å². The number of ether oxygens (including phenoxy) is 1. The van der Waals surface area contributed by atoms with Crippen LogP contribution in [0.4, 0.5) is 0 Å². The number of hydrogen-bond acceptors (Lipinski definition) is 4. The van der Waals surface area contributed by atoms with Crippen molar-refractivity contribution < 1.29 is 9.94 Å². The summed E-state index contributed by atoms with van der Waals surface area (Å²) in [5.74, 6) is 0.626. The lowest BCUT2D eigenvalue weighted by atomic mass is 10.0. The highest BCUT2D eigenvalue weighted by Crippen LogP contribution is 2.21. The molecule has 4 rings (SSSR count). The summed E-state index contributed by atoms with van der Waals surface area (Å²) in [6.45, 7) is 0.121. The van der Waals surface area contributed by atoms with Crippen LogP contribution in [0.25, 0.3) is 22.0 Å². The molecule has 28 heavy (non-hydrogen) atoms. The fourth-order valence-corrected chi connectivity index (χ4v) is 3.03. The van der Waals surface area contributed by atoms with Crippen molar-refractivity contribution in [2.45, 2.75) is 0 Å². The van der Waals surface area contributed by atoms with Crippen LogP contribution in [0.2, 0.25) is 0 Å². The zero-order chi connectivity index (χ0) is 19.3. The molecule has 0 unspecified atom stereocenters. The van der Waals surface area contributed by atoms with E-state index in [1.54, 1.807) is 18.2 Å². The minimum atomic E-state index is -0.144. The van der Waals surface area contributed by atoms with Gasteiger partial charge in [-0.05, 0) is 35.4 Å². The van der Waals surface area contributed by atoms with Crippen molar-refractivity contribution in [3.63, 3.8) is 0 Å². The van der Waals surface area contributed by atoms with E-state index in [0.717, 1.165) is 27.6 Å². The summed E-state index contributed by atoms with van der Waals surface area (Å²) in [5.41, 5.74) is 4.03. The van der Waals surface area contributed by atoms with Crippen LogP contribution in [0, 0.1) is 0 Å². The summed E-state index contributed by atoms with van der Waals surface area (Å²) < 4.78 is 5.78. The van der Waals surface area contributed by atoms with Crippen LogP contribution in [-0.4, -0.2) is 22.5 Å². The second-order valence-corrected chi connectivity index (χ2v) is 6.35. The van der Waals surface area contributed by atoms with E-state index in [2.05, 4.69) is 10.1 Å². The first-order chi connectivity index (χ1) is 13.7. The summed E-state index contributed by atoms with van der Waals surface area (Å²) in [5, 5.41) is 13.7. The van der Waals surface area contributed by atoms with Crippen molar-refractivity contribution in [2.24, 2.45) is 5.16 Å². The van der Waals surface area contributed by atoms with E-state index in [1.165, 1.54) is 6.07 Å². The Bertz CT molecular complexity index is 1180. The van der Waals surface area contributed by atoms with Crippen LogP contribution in [0.1, 0.15) is 5.56 Å². The number of hydrogen-bond donors (Lipinski definition) is 2. The van der Waals surface area contributed by atoms with E-state index in [-0.39, 0.29) is 12.2 Å². The van der Waals surface area contributed by atoms with Gasteiger partial charge in [0.1, 0.15) is 18.1 Å². The quantitative estimate of drug-likeness (QED) is 0.310. The first-order valence-corrected chi connectivity index (χ1v) is 8.85. The van der Waals surface area contributed by atoms with Crippen molar-refractivity contribution in [1.29, 1.82) is 0 Å². The van der Waals surface area contributed by atoms with Crippen molar-refractivity contribution in [3.05, 3.63) is 101 Å². The molecule has 0 saturated carbocycles. The van der Waals surface area contributed by atoms with Crippen LogP contribution in [-0.2, 0) is 0 Å². The predicted molar refractivity (Wildman–Crippen MR) is 110 cm³/mol. The molecule has 0 fully saturated rings. The molecule has 0 radical (unpaired) electrons. The number of oxime groups is 1. The molecule has 5 nitrogen and oxygen atoms in total.